The van der Waals surface area contributed by atoms with Crippen molar-refractivity contribution in [3.8, 4) is 5.75 Å². The van der Waals surface area contributed by atoms with E-state index in [1.54, 1.807) is 0 Å². The normalized spacial score (nSPS) is 25.2. The Kier molecular flexibility index (Phi) is 7.43. The molecule has 0 aromatic heterocycles. The number of ether oxygens (including phenoxy) is 2. The number of halogens is 1. The van der Waals surface area contributed by atoms with Gasteiger partial charge in [-0.25, -0.2) is 4.39 Å². The first-order chi connectivity index (χ1) is 15.5. The number of nitrogens with zero attached hydrogens (tertiary/aromatic N) is 1. The molecule has 32 heavy (non-hydrogen) atoms. The molecular weight excluding hydrogens is 407 g/mol. The largest absolute Gasteiger partial charge is 0.484 e. The highest BCUT2D eigenvalue weighted by Gasteiger charge is 2.45. The van der Waals surface area contributed by atoms with E-state index in [9.17, 15) is 9.18 Å². The quantitative estimate of drug-likeness (QED) is 0.675. The minimum absolute atomic E-state index is 0.0441. The summed E-state index contributed by atoms with van der Waals surface area (Å²) in [5.41, 5.74) is 1.27. The van der Waals surface area contributed by atoms with Crippen molar-refractivity contribution < 1.29 is 18.7 Å². The predicted molar refractivity (Wildman–Crippen MR) is 122 cm³/mol. The molecule has 1 aliphatic heterocycles. The van der Waals surface area contributed by atoms with E-state index in [2.05, 4.69) is 41.5 Å². The molecule has 1 heterocycles. The van der Waals surface area contributed by atoms with Crippen LogP contribution >= 0.6 is 0 Å². The Labute approximate surface area is 189 Å². The fourth-order valence-electron chi connectivity index (χ4n) is 5.03. The molecule has 0 bridgehead atoms. The summed E-state index contributed by atoms with van der Waals surface area (Å²) >= 11 is 0. The first kappa shape index (κ1) is 22.7. The summed E-state index contributed by atoms with van der Waals surface area (Å²) in [6, 6.07) is 16.5. The molecule has 0 unspecified atom stereocenters. The van der Waals surface area contributed by atoms with Gasteiger partial charge in [-0.2, -0.15) is 0 Å². The third-order valence-electron chi connectivity index (χ3n) is 6.83. The van der Waals surface area contributed by atoms with Gasteiger partial charge in [-0.3, -0.25) is 4.79 Å². The molecule has 172 valence electrons. The molecule has 1 saturated carbocycles. The summed E-state index contributed by atoms with van der Waals surface area (Å²) in [7, 11) is 2.15. The minimum atomic E-state index is -0.326. The molecule has 1 saturated heterocycles. The van der Waals surface area contributed by atoms with E-state index in [-0.39, 0.29) is 36.0 Å². The molecular formula is C26H33FN2O3. The average Bonchev–Trinajstić information content (AvgIpc) is 3.27. The number of benzene rings is 2. The summed E-state index contributed by atoms with van der Waals surface area (Å²) in [4.78, 5) is 15.0. The van der Waals surface area contributed by atoms with E-state index in [0.717, 1.165) is 51.7 Å². The van der Waals surface area contributed by atoms with Gasteiger partial charge in [-0.05, 0) is 75.4 Å². The van der Waals surface area contributed by atoms with Gasteiger partial charge >= 0.3 is 0 Å². The first-order valence-corrected chi connectivity index (χ1v) is 11.6. The van der Waals surface area contributed by atoms with Crippen LogP contribution in [0.4, 0.5) is 4.39 Å². The lowest BCUT2D eigenvalue weighted by molar-refractivity contribution is -0.126. The molecule has 0 radical (unpaired) electrons. The topological polar surface area (TPSA) is 50.8 Å². The second-order valence-electron chi connectivity index (χ2n) is 9.08. The number of carbonyl (C=O) groups is 1. The van der Waals surface area contributed by atoms with Crippen LogP contribution in [0.1, 0.15) is 37.7 Å². The van der Waals surface area contributed by atoms with Crippen LogP contribution < -0.4 is 10.1 Å². The standard InChI is InChI=1S/C26H33FN2O3/c1-29(16-13-20-6-3-2-4-7-20)24-18-26(14-5-17-32-26)15-12-23(24)28-25(30)19-31-22-10-8-21(27)9-11-22/h2-4,6-11,23-24H,5,12-19H2,1H3,(H,28,30)/t23-,24-,26+/m0/s1. The lowest BCUT2D eigenvalue weighted by Gasteiger charge is -2.46. The Morgan fingerprint density at radius 2 is 1.97 bits per heavy atom. The van der Waals surface area contributed by atoms with Crippen LogP contribution in [-0.4, -0.2) is 55.3 Å². The second-order valence-corrected chi connectivity index (χ2v) is 9.08. The molecule has 1 N–H and O–H groups in total. The number of hydrogen-bond acceptors (Lipinski definition) is 4. The van der Waals surface area contributed by atoms with Crippen molar-refractivity contribution in [1.82, 2.24) is 10.2 Å². The molecule has 1 aliphatic carbocycles. The van der Waals surface area contributed by atoms with Gasteiger partial charge in [0.25, 0.3) is 5.91 Å². The zero-order valence-corrected chi connectivity index (χ0v) is 18.8. The maximum Gasteiger partial charge on any atom is 0.258 e. The maximum absolute atomic E-state index is 13.1. The van der Waals surface area contributed by atoms with Crippen LogP contribution in [0.3, 0.4) is 0 Å². The Morgan fingerprint density at radius 3 is 2.69 bits per heavy atom. The Hall–Kier alpha value is -2.44. The SMILES string of the molecule is CN(CCc1ccccc1)[C@H]1C[C@@]2(CCCO2)CC[C@@H]1NC(=O)COc1ccc(F)cc1. The fourth-order valence-corrected chi connectivity index (χ4v) is 5.03. The van der Waals surface area contributed by atoms with E-state index < -0.39 is 0 Å². The van der Waals surface area contributed by atoms with Gasteiger partial charge in [0.15, 0.2) is 6.61 Å². The number of amides is 1. The van der Waals surface area contributed by atoms with Crippen LogP contribution in [0, 0.1) is 5.82 Å². The molecule has 2 aromatic carbocycles. The number of nitrogens with one attached hydrogen (secondary N) is 1. The Morgan fingerprint density at radius 1 is 1.19 bits per heavy atom. The Bertz CT molecular complexity index is 868. The van der Waals surface area contributed by atoms with Gasteiger partial charge < -0.3 is 19.7 Å². The van der Waals surface area contributed by atoms with Crippen molar-refractivity contribution >= 4 is 5.91 Å². The summed E-state index contributed by atoms with van der Waals surface area (Å²) in [5, 5.41) is 3.20. The van der Waals surface area contributed by atoms with Crippen LogP contribution in [0.5, 0.6) is 5.75 Å². The van der Waals surface area contributed by atoms with E-state index in [1.807, 2.05) is 6.07 Å². The van der Waals surface area contributed by atoms with Crippen molar-refractivity contribution in [3.63, 3.8) is 0 Å². The number of likely N-dealkylation sites (N-methyl/N-ethyl adjacent to an activating group) is 1. The third kappa shape index (κ3) is 5.87. The number of carbonyl (C=O) groups excluding carboxylic acids is 1. The van der Waals surface area contributed by atoms with Crippen molar-refractivity contribution in [2.75, 3.05) is 26.8 Å². The highest BCUT2D eigenvalue weighted by molar-refractivity contribution is 5.78. The lowest BCUT2D eigenvalue weighted by atomic mass is 9.76. The molecule has 1 spiro atoms. The smallest absolute Gasteiger partial charge is 0.258 e. The molecule has 2 aliphatic rings. The van der Waals surface area contributed by atoms with Gasteiger partial charge in [0, 0.05) is 25.2 Å². The highest BCUT2D eigenvalue weighted by atomic mass is 19.1. The van der Waals surface area contributed by atoms with E-state index >= 15 is 0 Å². The molecule has 5 nitrogen and oxygen atoms in total. The third-order valence-corrected chi connectivity index (χ3v) is 6.83. The zero-order chi connectivity index (χ0) is 22.4. The Balaban J connectivity index is 1.36. The van der Waals surface area contributed by atoms with Gasteiger partial charge in [-0.1, -0.05) is 30.3 Å². The zero-order valence-electron chi connectivity index (χ0n) is 18.8. The van der Waals surface area contributed by atoms with Crippen molar-refractivity contribution in [3.05, 3.63) is 66.0 Å². The van der Waals surface area contributed by atoms with Gasteiger partial charge in [-0.15, -0.1) is 0 Å². The summed E-state index contributed by atoms with van der Waals surface area (Å²) < 4.78 is 24.8. The lowest BCUT2D eigenvalue weighted by Crippen LogP contribution is -2.58. The second kappa shape index (κ2) is 10.5. The van der Waals surface area contributed by atoms with Crippen LogP contribution in [0.25, 0.3) is 0 Å². The van der Waals surface area contributed by atoms with Gasteiger partial charge in [0.1, 0.15) is 11.6 Å². The van der Waals surface area contributed by atoms with E-state index in [1.165, 1.54) is 29.8 Å². The summed E-state index contributed by atoms with van der Waals surface area (Å²) in [6.07, 6.45) is 5.98. The average molecular weight is 441 g/mol. The highest BCUT2D eigenvalue weighted by Crippen LogP contribution is 2.41. The van der Waals surface area contributed by atoms with Gasteiger partial charge in [0.05, 0.1) is 5.60 Å². The van der Waals surface area contributed by atoms with Crippen LogP contribution in [-0.2, 0) is 16.0 Å². The maximum atomic E-state index is 13.1. The van der Waals surface area contributed by atoms with Crippen molar-refractivity contribution in [2.24, 2.45) is 0 Å². The van der Waals surface area contributed by atoms with Crippen molar-refractivity contribution in [1.29, 1.82) is 0 Å². The molecule has 6 heteroatoms. The first-order valence-electron chi connectivity index (χ1n) is 11.6. The molecule has 3 atom stereocenters. The van der Waals surface area contributed by atoms with Crippen LogP contribution in [0.15, 0.2) is 54.6 Å². The van der Waals surface area contributed by atoms with E-state index in [0.29, 0.717) is 5.75 Å². The molecule has 1 amide bonds. The number of hydrogen-bond donors (Lipinski definition) is 1. The van der Waals surface area contributed by atoms with E-state index in [4.69, 9.17) is 9.47 Å². The van der Waals surface area contributed by atoms with Crippen molar-refractivity contribution in [2.45, 2.75) is 56.2 Å². The van der Waals surface area contributed by atoms with Crippen LogP contribution in [0.2, 0.25) is 0 Å². The molecule has 4 rings (SSSR count). The summed E-state index contributed by atoms with van der Waals surface area (Å²) in [5.74, 6) is 0.0116. The van der Waals surface area contributed by atoms with Gasteiger partial charge in [0.2, 0.25) is 0 Å². The minimum Gasteiger partial charge on any atom is -0.484 e. The fraction of sp³-hybridized carbons (Fsp3) is 0.500. The molecule has 2 fully saturated rings. The predicted octanol–water partition coefficient (Wildman–Crippen LogP) is 3.97. The summed E-state index contributed by atoms with van der Waals surface area (Å²) in [6.45, 7) is 1.68. The molecule has 2 aromatic rings. The monoisotopic (exact) mass is 440 g/mol. The number of rotatable bonds is 8.